The van der Waals surface area contributed by atoms with Crippen molar-refractivity contribution in [3.8, 4) is 5.75 Å². The van der Waals surface area contributed by atoms with E-state index in [0.29, 0.717) is 5.56 Å². The molecule has 0 fully saturated rings. The number of hydrogen-bond donors (Lipinski definition) is 2. The Morgan fingerprint density at radius 2 is 1.89 bits per heavy atom. The van der Waals surface area contributed by atoms with Crippen molar-refractivity contribution in [3.05, 3.63) is 51.5 Å². The van der Waals surface area contributed by atoms with Gasteiger partial charge in [0.2, 0.25) is 5.78 Å². The van der Waals surface area contributed by atoms with Crippen LogP contribution in [0.5, 0.6) is 5.75 Å². The highest BCUT2D eigenvalue weighted by atomic mass is 32.1. The van der Waals surface area contributed by atoms with E-state index in [9.17, 15) is 19.5 Å². The standard InChI is InChI=1S/C20H22N2O5S/c1-4-27-20(26)16-18(28-19(22-16)17(25)15(21)11(2)3)14(24)10-7-12-5-8-13(23)9-6-12/h5-11,15,23H,4,21H2,1-3H3/b10-7+/t15-/m0/s1. The zero-order valence-electron chi connectivity index (χ0n) is 15.8. The van der Waals surface area contributed by atoms with Gasteiger partial charge < -0.3 is 15.6 Å². The number of Topliss-reactive ketones (excluding diaryl/α,β-unsaturated/α-hetero) is 1. The monoisotopic (exact) mass is 402 g/mol. The summed E-state index contributed by atoms with van der Waals surface area (Å²) in [6.45, 7) is 5.35. The van der Waals surface area contributed by atoms with E-state index >= 15 is 0 Å². The number of thiazole rings is 1. The van der Waals surface area contributed by atoms with Crippen LogP contribution in [0.15, 0.2) is 30.3 Å². The molecular formula is C20H22N2O5S. The van der Waals surface area contributed by atoms with E-state index in [0.717, 1.165) is 11.3 Å². The van der Waals surface area contributed by atoms with E-state index in [1.54, 1.807) is 32.9 Å². The molecule has 0 spiro atoms. The molecular weight excluding hydrogens is 380 g/mol. The number of hydrogen-bond acceptors (Lipinski definition) is 8. The second-order valence-corrected chi connectivity index (χ2v) is 7.34. The van der Waals surface area contributed by atoms with E-state index in [2.05, 4.69) is 4.98 Å². The van der Waals surface area contributed by atoms with Crippen LogP contribution in [0, 0.1) is 5.92 Å². The number of phenols is 1. The van der Waals surface area contributed by atoms with Gasteiger partial charge in [0.25, 0.3) is 0 Å². The van der Waals surface area contributed by atoms with Crippen LogP contribution < -0.4 is 5.73 Å². The first-order valence-corrected chi connectivity index (χ1v) is 9.55. The summed E-state index contributed by atoms with van der Waals surface area (Å²) in [7, 11) is 0. The van der Waals surface area contributed by atoms with Gasteiger partial charge in [-0.15, -0.1) is 11.3 Å². The molecule has 1 heterocycles. The molecule has 0 aliphatic rings. The molecule has 1 atom stereocenters. The minimum atomic E-state index is -0.781. The summed E-state index contributed by atoms with van der Waals surface area (Å²) in [5.74, 6) is -1.67. The maximum absolute atomic E-state index is 12.6. The van der Waals surface area contributed by atoms with Crippen LogP contribution in [0.4, 0.5) is 0 Å². The van der Waals surface area contributed by atoms with E-state index in [1.165, 1.54) is 24.3 Å². The smallest absolute Gasteiger partial charge is 0.358 e. The first-order valence-electron chi connectivity index (χ1n) is 8.73. The van der Waals surface area contributed by atoms with Crippen LogP contribution in [0.1, 0.15) is 56.3 Å². The Bertz CT molecular complexity index is 900. The summed E-state index contributed by atoms with van der Waals surface area (Å²) in [6, 6.07) is 5.47. The van der Waals surface area contributed by atoms with Gasteiger partial charge in [0, 0.05) is 0 Å². The maximum atomic E-state index is 12.6. The molecule has 0 aliphatic heterocycles. The Labute approximate surface area is 166 Å². The predicted molar refractivity (Wildman–Crippen MR) is 107 cm³/mol. The summed E-state index contributed by atoms with van der Waals surface area (Å²) in [6.07, 6.45) is 2.82. The largest absolute Gasteiger partial charge is 0.508 e. The lowest BCUT2D eigenvalue weighted by Gasteiger charge is -2.11. The van der Waals surface area contributed by atoms with Crippen molar-refractivity contribution in [1.29, 1.82) is 0 Å². The van der Waals surface area contributed by atoms with Crippen molar-refractivity contribution in [2.75, 3.05) is 6.61 Å². The molecule has 0 amide bonds. The zero-order chi connectivity index (χ0) is 20.8. The van der Waals surface area contributed by atoms with Gasteiger partial charge in [-0.3, -0.25) is 9.59 Å². The molecule has 2 aromatic rings. The lowest BCUT2D eigenvalue weighted by molar-refractivity contribution is 0.0517. The van der Waals surface area contributed by atoms with Crippen LogP contribution in [-0.4, -0.2) is 40.3 Å². The minimum absolute atomic E-state index is 0.00522. The fourth-order valence-electron chi connectivity index (χ4n) is 2.21. The van der Waals surface area contributed by atoms with E-state index in [-0.39, 0.29) is 33.9 Å². The number of aromatic hydroxyl groups is 1. The number of ether oxygens (including phenoxy) is 1. The Balaban J connectivity index is 2.37. The molecule has 2 rings (SSSR count). The Hall–Kier alpha value is -2.84. The third-order valence-corrected chi connectivity index (χ3v) is 4.96. The summed E-state index contributed by atoms with van der Waals surface area (Å²) >= 11 is 0.831. The van der Waals surface area contributed by atoms with Gasteiger partial charge in [-0.1, -0.05) is 32.1 Å². The highest BCUT2D eigenvalue weighted by Crippen LogP contribution is 2.23. The molecule has 0 aliphatic carbocycles. The molecule has 1 aromatic heterocycles. The molecule has 0 saturated heterocycles. The molecule has 0 bridgehead atoms. The van der Waals surface area contributed by atoms with E-state index in [1.807, 2.05) is 0 Å². The first-order chi connectivity index (χ1) is 13.2. The fourth-order valence-corrected chi connectivity index (χ4v) is 3.17. The number of nitrogens with zero attached hydrogens (tertiary/aromatic N) is 1. The number of ketones is 2. The number of rotatable bonds is 8. The quantitative estimate of drug-likeness (QED) is 0.395. The maximum Gasteiger partial charge on any atom is 0.358 e. The normalized spacial score (nSPS) is 12.3. The average Bonchev–Trinajstić information content (AvgIpc) is 3.12. The summed E-state index contributed by atoms with van der Waals surface area (Å²) < 4.78 is 4.95. The van der Waals surface area contributed by atoms with Gasteiger partial charge in [0.15, 0.2) is 16.5 Å². The van der Waals surface area contributed by atoms with Crippen LogP contribution in [0.2, 0.25) is 0 Å². The van der Waals surface area contributed by atoms with Crippen molar-refractivity contribution in [3.63, 3.8) is 0 Å². The van der Waals surface area contributed by atoms with Crippen LogP contribution >= 0.6 is 11.3 Å². The summed E-state index contributed by atoms with van der Waals surface area (Å²) in [4.78, 5) is 41.4. The van der Waals surface area contributed by atoms with Crippen molar-refractivity contribution in [1.82, 2.24) is 4.98 Å². The topological polar surface area (TPSA) is 120 Å². The number of benzene rings is 1. The molecule has 0 unspecified atom stereocenters. The molecule has 3 N–H and O–H groups in total. The number of phenolic OH excluding ortho intramolecular Hbond substituents is 1. The van der Waals surface area contributed by atoms with Gasteiger partial charge in [0.1, 0.15) is 10.6 Å². The van der Waals surface area contributed by atoms with Crippen molar-refractivity contribution in [2.45, 2.75) is 26.8 Å². The van der Waals surface area contributed by atoms with Crippen LogP contribution in [0.3, 0.4) is 0 Å². The number of nitrogens with two attached hydrogens (primary N) is 1. The van der Waals surface area contributed by atoms with Crippen molar-refractivity contribution >= 4 is 34.9 Å². The Morgan fingerprint density at radius 1 is 1.25 bits per heavy atom. The fraction of sp³-hybridized carbons (Fsp3) is 0.300. The third kappa shape index (κ3) is 5.11. The molecule has 0 saturated carbocycles. The second kappa shape index (κ2) is 9.38. The summed E-state index contributed by atoms with van der Waals surface area (Å²) in [5, 5.41) is 9.31. The third-order valence-electron chi connectivity index (χ3n) is 3.87. The molecule has 148 valence electrons. The van der Waals surface area contributed by atoms with Crippen molar-refractivity contribution in [2.24, 2.45) is 11.7 Å². The number of carbonyl (C=O) groups excluding carboxylic acids is 3. The van der Waals surface area contributed by atoms with Crippen LogP contribution in [0.25, 0.3) is 6.08 Å². The first kappa shape index (κ1) is 21.5. The zero-order valence-corrected chi connectivity index (χ0v) is 16.7. The lowest BCUT2D eigenvalue weighted by atomic mass is 10.0. The van der Waals surface area contributed by atoms with Gasteiger partial charge >= 0.3 is 5.97 Å². The SMILES string of the molecule is CCOC(=O)c1nc(C(=O)[C@@H](N)C(C)C)sc1C(=O)/C=C/c1ccc(O)cc1. The Kier molecular flexibility index (Phi) is 7.19. The lowest BCUT2D eigenvalue weighted by Crippen LogP contribution is -2.35. The van der Waals surface area contributed by atoms with Gasteiger partial charge in [-0.05, 0) is 36.6 Å². The highest BCUT2D eigenvalue weighted by molar-refractivity contribution is 7.16. The highest BCUT2D eigenvalue weighted by Gasteiger charge is 2.29. The molecule has 8 heteroatoms. The number of esters is 1. The Morgan fingerprint density at radius 3 is 2.46 bits per heavy atom. The van der Waals surface area contributed by atoms with E-state index in [4.69, 9.17) is 10.5 Å². The number of aromatic nitrogens is 1. The molecule has 1 aromatic carbocycles. The molecule has 28 heavy (non-hydrogen) atoms. The second-order valence-electron chi connectivity index (χ2n) is 6.34. The minimum Gasteiger partial charge on any atom is -0.508 e. The molecule has 0 radical (unpaired) electrons. The molecule has 7 nitrogen and oxygen atoms in total. The number of allylic oxidation sites excluding steroid dienone is 1. The van der Waals surface area contributed by atoms with Gasteiger partial charge in [0.05, 0.1) is 12.6 Å². The van der Waals surface area contributed by atoms with Gasteiger partial charge in [-0.25, -0.2) is 9.78 Å². The average molecular weight is 402 g/mol. The number of carbonyl (C=O) groups is 3. The summed E-state index contributed by atoms with van der Waals surface area (Å²) in [5.41, 5.74) is 6.39. The predicted octanol–water partition coefficient (Wildman–Crippen LogP) is 3.09. The van der Waals surface area contributed by atoms with E-state index < -0.39 is 23.6 Å². The van der Waals surface area contributed by atoms with Crippen LogP contribution in [-0.2, 0) is 4.74 Å². The van der Waals surface area contributed by atoms with Gasteiger partial charge in [-0.2, -0.15) is 0 Å². The van der Waals surface area contributed by atoms with Crippen molar-refractivity contribution < 1.29 is 24.2 Å².